The largest absolute Gasteiger partial charge is 0.468 e. The lowest BCUT2D eigenvalue weighted by molar-refractivity contribution is -0.141. The van der Waals surface area contributed by atoms with Crippen LogP contribution in [0.25, 0.3) is 10.9 Å². The van der Waals surface area contributed by atoms with E-state index >= 15 is 0 Å². The zero-order valence-corrected chi connectivity index (χ0v) is 10.4. The number of alkyl halides is 3. The summed E-state index contributed by atoms with van der Waals surface area (Å²) in [4.78, 5) is 22.9. The van der Waals surface area contributed by atoms with Gasteiger partial charge in [0.15, 0.2) is 5.43 Å². The van der Waals surface area contributed by atoms with Gasteiger partial charge in [0.1, 0.15) is 6.54 Å². The Hall–Kier alpha value is -2.31. The molecule has 4 nitrogen and oxygen atoms in total. The number of hydrogen-bond acceptors (Lipinski definition) is 3. The van der Waals surface area contributed by atoms with Crippen LogP contribution in [0.3, 0.4) is 0 Å². The molecule has 2 rings (SSSR count). The summed E-state index contributed by atoms with van der Waals surface area (Å²) < 4.78 is 43.8. The number of ether oxygens (including phenoxy) is 1. The van der Waals surface area contributed by atoms with Crippen molar-refractivity contribution in [3.63, 3.8) is 0 Å². The first kappa shape index (κ1) is 14.1. The lowest BCUT2D eigenvalue weighted by Crippen LogP contribution is -2.16. The minimum Gasteiger partial charge on any atom is -0.468 e. The second kappa shape index (κ2) is 4.99. The van der Waals surface area contributed by atoms with Crippen LogP contribution in [0.4, 0.5) is 13.2 Å². The van der Waals surface area contributed by atoms with E-state index in [-0.39, 0.29) is 17.4 Å². The van der Waals surface area contributed by atoms with Crippen molar-refractivity contribution < 1.29 is 22.7 Å². The van der Waals surface area contributed by atoms with Crippen LogP contribution in [0.5, 0.6) is 0 Å². The van der Waals surface area contributed by atoms with Gasteiger partial charge in [-0.15, -0.1) is 0 Å². The first-order chi connectivity index (χ1) is 9.32. The van der Waals surface area contributed by atoms with E-state index in [0.29, 0.717) is 0 Å². The third kappa shape index (κ3) is 2.66. The van der Waals surface area contributed by atoms with Crippen molar-refractivity contribution in [2.24, 2.45) is 0 Å². The number of pyridine rings is 1. The van der Waals surface area contributed by atoms with Crippen molar-refractivity contribution in [1.29, 1.82) is 0 Å². The maximum Gasteiger partial charge on any atom is 0.416 e. The Labute approximate surface area is 111 Å². The lowest BCUT2D eigenvalue weighted by Gasteiger charge is -2.12. The summed E-state index contributed by atoms with van der Waals surface area (Å²) in [5, 5.41) is 0.115. The van der Waals surface area contributed by atoms with Crippen molar-refractivity contribution in [3.8, 4) is 0 Å². The summed E-state index contributed by atoms with van der Waals surface area (Å²) in [6.07, 6.45) is -3.25. The van der Waals surface area contributed by atoms with Gasteiger partial charge < -0.3 is 9.30 Å². The summed E-state index contributed by atoms with van der Waals surface area (Å²) >= 11 is 0. The first-order valence-corrected chi connectivity index (χ1v) is 5.60. The van der Waals surface area contributed by atoms with E-state index in [1.165, 1.54) is 23.9 Å². The average Bonchev–Trinajstić information content (AvgIpc) is 2.40. The fraction of sp³-hybridized carbons (Fsp3) is 0.231. The molecule has 106 valence electrons. The lowest BCUT2D eigenvalue weighted by atomic mass is 10.1. The number of nitrogens with zero attached hydrogens (tertiary/aromatic N) is 1. The van der Waals surface area contributed by atoms with Crippen molar-refractivity contribution in [2.45, 2.75) is 12.7 Å². The Morgan fingerprint density at radius 2 is 2.00 bits per heavy atom. The van der Waals surface area contributed by atoms with Crippen LogP contribution >= 0.6 is 0 Å². The molecular weight excluding hydrogens is 275 g/mol. The van der Waals surface area contributed by atoms with Crippen LogP contribution in [0.1, 0.15) is 5.56 Å². The molecule has 0 N–H and O–H groups in total. The smallest absolute Gasteiger partial charge is 0.416 e. The fourth-order valence-corrected chi connectivity index (χ4v) is 1.82. The van der Waals surface area contributed by atoms with E-state index in [9.17, 15) is 22.8 Å². The SMILES string of the molecule is COC(=O)Cn1ccc(=O)c2ccc(C(F)(F)F)cc21. The maximum atomic E-state index is 12.7. The molecule has 0 bridgehead atoms. The van der Waals surface area contributed by atoms with Crippen molar-refractivity contribution >= 4 is 16.9 Å². The van der Waals surface area contributed by atoms with Crippen LogP contribution in [0.15, 0.2) is 35.3 Å². The van der Waals surface area contributed by atoms with Crippen LogP contribution in [-0.2, 0) is 22.3 Å². The molecule has 0 amide bonds. The van der Waals surface area contributed by atoms with Gasteiger partial charge in [0, 0.05) is 17.6 Å². The predicted octanol–water partition coefficient (Wildman–Crippen LogP) is 2.19. The van der Waals surface area contributed by atoms with Crippen LogP contribution in [0, 0.1) is 0 Å². The van der Waals surface area contributed by atoms with E-state index in [4.69, 9.17) is 0 Å². The zero-order valence-electron chi connectivity index (χ0n) is 10.4. The number of aromatic nitrogens is 1. The van der Waals surface area contributed by atoms with Gasteiger partial charge in [-0.1, -0.05) is 0 Å². The van der Waals surface area contributed by atoms with Gasteiger partial charge in [0.25, 0.3) is 0 Å². The van der Waals surface area contributed by atoms with E-state index in [2.05, 4.69) is 4.74 Å². The molecule has 0 atom stereocenters. The van der Waals surface area contributed by atoms with Gasteiger partial charge in [-0.05, 0) is 18.2 Å². The molecule has 0 spiro atoms. The predicted molar refractivity (Wildman–Crippen MR) is 65.2 cm³/mol. The minimum absolute atomic E-state index is 0.0396. The third-order valence-electron chi connectivity index (χ3n) is 2.83. The molecule has 20 heavy (non-hydrogen) atoms. The van der Waals surface area contributed by atoms with E-state index < -0.39 is 23.1 Å². The standard InChI is InChI=1S/C13H10F3NO3/c1-20-12(19)7-17-5-4-11(18)9-3-2-8(6-10(9)17)13(14,15)16/h2-6H,7H2,1H3. The highest BCUT2D eigenvalue weighted by atomic mass is 19.4. The van der Waals surface area contributed by atoms with Crippen LogP contribution in [-0.4, -0.2) is 17.6 Å². The Bertz CT molecular complexity index is 719. The number of methoxy groups -OCH3 is 1. The quantitative estimate of drug-likeness (QED) is 0.795. The highest BCUT2D eigenvalue weighted by Crippen LogP contribution is 2.30. The Morgan fingerprint density at radius 3 is 2.60 bits per heavy atom. The molecule has 2 aromatic rings. The fourth-order valence-electron chi connectivity index (χ4n) is 1.82. The van der Waals surface area contributed by atoms with Gasteiger partial charge in [0.05, 0.1) is 18.2 Å². The molecule has 1 aromatic heterocycles. The normalized spacial score (nSPS) is 11.6. The summed E-state index contributed by atoms with van der Waals surface area (Å²) in [5.74, 6) is -0.618. The number of fused-ring (bicyclic) bond motifs is 1. The molecule has 0 aliphatic carbocycles. The Kier molecular flexibility index (Phi) is 3.52. The molecule has 0 fully saturated rings. The molecule has 0 aliphatic heterocycles. The van der Waals surface area contributed by atoms with E-state index in [0.717, 1.165) is 18.2 Å². The number of halogens is 3. The zero-order chi connectivity index (χ0) is 14.9. The van der Waals surface area contributed by atoms with Crippen LogP contribution in [0.2, 0.25) is 0 Å². The molecule has 0 saturated carbocycles. The minimum atomic E-state index is -4.52. The molecule has 1 heterocycles. The Morgan fingerprint density at radius 1 is 1.30 bits per heavy atom. The number of esters is 1. The van der Waals surface area contributed by atoms with Gasteiger partial charge in [-0.2, -0.15) is 13.2 Å². The molecule has 0 radical (unpaired) electrons. The highest BCUT2D eigenvalue weighted by Gasteiger charge is 2.30. The summed E-state index contributed by atoms with van der Waals surface area (Å²) in [5.41, 5.74) is -1.25. The third-order valence-corrected chi connectivity index (χ3v) is 2.83. The molecule has 0 unspecified atom stereocenters. The van der Waals surface area contributed by atoms with E-state index in [1.54, 1.807) is 0 Å². The van der Waals surface area contributed by atoms with Crippen molar-refractivity contribution in [1.82, 2.24) is 4.57 Å². The molecule has 7 heteroatoms. The van der Waals surface area contributed by atoms with Crippen molar-refractivity contribution in [3.05, 3.63) is 46.2 Å². The maximum absolute atomic E-state index is 12.7. The molecule has 0 aliphatic rings. The monoisotopic (exact) mass is 285 g/mol. The Balaban J connectivity index is 2.66. The van der Waals surface area contributed by atoms with Crippen molar-refractivity contribution in [2.75, 3.05) is 7.11 Å². The van der Waals surface area contributed by atoms with Crippen LogP contribution < -0.4 is 5.43 Å². The second-order valence-corrected chi connectivity index (χ2v) is 4.11. The number of carbonyl (C=O) groups excluding carboxylic acids is 1. The van der Waals surface area contributed by atoms with Gasteiger partial charge in [-0.25, -0.2) is 0 Å². The molecular formula is C13H10F3NO3. The summed E-state index contributed by atoms with van der Waals surface area (Å²) in [7, 11) is 1.17. The number of carbonyl (C=O) groups is 1. The highest BCUT2D eigenvalue weighted by molar-refractivity contribution is 5.81. The molecule has 1 aromatic carbocycles. The number of rotatable bonds is 2. The average molecular weight is 285 g/mol. The number of benzene rings is 1. The van der Waals surface area contributed by atoms with Gasteiger partial charge in [-0.3, -0.25) is 9.59 Å². The first-order valence-electron chi connectivity index (χ1n) is 5.60. The van der Waals surface area contributed by atoms with Gasteiger partial charge in [0.2, 0.25) is 0 Å². The summed E-state index contributed by atoms with van der Waals surface area (Å²) in [6.45, 7) is -0.269. The second-order valence-electron chi connectivity index (χ2n) is 4.11. The number of hydrogen-bond donors (Lipinski definition) is 0. The molecule has 0 saturated heterocycles. The topological polar surface area (TPSA) is 48.3 Å². The van der Waals surface area contributed by atoms with E-state index in [1.807, 2.05) is 0 Å². The summed E-state index contributed by atoms with van der Waals surface area (Å²) in [6, 6.07) is 3.98. The van der Waals surface area contributed by atoms with Gasteiger partial charge >= 0.3 is 12.1 Å².